The monoisotopic (exact) mass is 229 g/mol. The average molecular weight is 229 g/mol. The first kappa shape index (κ1) is 15.4. The summed E-state index contributed by atoms with van der Waals surface area (Å²) in [6.07, 6.45) is 3.85. The normalized spacial score (nSPS) is 13.2. The fourth-order valence-corrected chi connectivity index (χ4v) is 1.72. The van der Waals surface area contributed by atoms with Gasteiger partial charge in [0.05, 0.1) is 6.10 Å². The Bertz CT molecular complexity index is 190. The fourth-order valence-electron chi connectivity index (χ4n) is 1.72. The molecule has 0 fully saturated rings. The Morgan fingerprint density at radius 2 is 1.81 bits per heavy atom. The number of hydrogen-bond donors (Lipinski definition) is 2. The van der Waals surface area contributed by atoms with Gasteiger partial charge in [-0.1, -0.05) is 20.3 Å². The first-order chi connectivity index (χ1) is 7.41. The van der Waals surface area contributed by atoms with Gasteiger partial charge >= 0.3 is 0 Å². The van der Waals surface area contributed by atoms with E-state index in [1.165, 1.54) is 0 Å². The smallest absolute Gasteiger partial charge is 0.220 e. The fraction of sp³-hybridized carbons (Fsp3) is 0.923. The molecule has 0 radical (unpaired) electrons. The van der Waals surface area contributed by atoms with Gasteiger partial charge in [0, 0.05) is 12.5 Å². The van der Waals surface area contributed by atoms with Gasteiger partial charge in [0.25, 0.3) is 0 Å². The second kappa shape index (κ2) is 8.57. The van der Waals surface area contributed by atoms with Gasteiger partial charge in [-0.2, -0.15) is 0 Å². The third kappa shape index (κ3) is 9.97. The van der Waals surface area contributed by atoms with E-state index >= 15 is 0 Å². The first-order valence-corrected chi connectivity index (χ1v) is 6.39. The summed E-state index contributed by atoms with van der Waals surface area (Å²) in [7, 11) is 0. The van der Waals surface area contributed by atoms with Crippen molar-refractivity contribution in [1.82, 2.24) is 5.32 Å². The predicted octanol–water partition coefficient (Wildman–Crippen LogP) is 2.48. The van der Waals surface area contributed by atoms with Gasteiger partial charge in [0.15, 0.2) is 0 Å². The Morgan fingerprint density at radius 3 is 2.31 bits per heavy atom. The quantitative estimate of drug-likeness (QED) is 0.628. The lowest BCUT2D eigenvalue weighted by atomic mass is 10.0. The molecule has 0 aliphatic heterocycles. The van der Waals surface area contributed by atoms with Crippen molar-refractivity contribution in [3.05, 3.63) is 0 Å². The van der Waals surface area contributed by atoms with E-state index in [4.69, 9.17) is 0 Å². The number of hydrogen-bond acceptors (Lipinski definition) is 2. The molecule has 3 heteroatoms. The number of aliphatic hydroxyl groups excluding tert-OH is 1. The van der Waals surface area contributed by atoms with Crippen LogP contribution in [0.4, 0.5) is 0 Å². The number of unbranched alkanes of at least 4 members (excludes halogenated alkanes) is 1. The highest BCUT2D eigenvalue weighted by Gasteiger charge is 2.07. The molecule has 3 nitrogen and oxygen atoms in total. The Hall–Kier alpha value is -0.570. The van der Waals surface area contributed by atoms with E-state index in [-0.39, 0.29) is 18.1 Å². The van der Waals surface area contributed by atoms with Crippen molar-refractivity contribution in [3.63, 3.8) is 0 Å². The van der Waals surface area contributed by atoms with E-state index in [0.717, 1.165) is 25.7 Å². The van der Waals surface area contributed by atoms with E-state index in [9.17, 15) is 9.90 Å². The maximum Gasteiger partial charge on any atom is 0.220 e. The summed E-state index contributed by atoms with van der Waals surface area (Å²) in [6, 6.07) is 0.221. The molecule has 0 heterocycles. The summed E-state index contributed by atoms with van der Waals surface area (Å²) in [5.41, 5.74) is 0. The van der Waals surface area contributed by atoms with E-state index in [1.54, 1.807) is 0 Å². The van der Waals surface area contributed by atoms with Crippen LogP contribution in [-0.2, 0) is 4.79 Å². The van der Waals surface area contributed by atoms with Crippen LogP contribution in [0.3, 0.4) is 0 Å². The van der Waals surface area contributed by atoms with Gasteiger partial charge in [0.1, 0.15) is 0 Å². The van der Waals surface area contributed by atoms with Crippen LogP contribution in [0.15, 0.2) is 0 Å². The van der Waals surface area contributed by atoms with Gasteiger partial charge in [0.2, 0.25) is 5.91 Å². The lowest BCUT2D eigenvalue weighted by molar-refractivity contribution is -0.121. The van der Waals surface area contributed by atoms with Gasteiger partial charge in [-0.05, 0) is 39.0 Å². The zero-order valence-electron chi connectivity index (χ0n) is 11.1. The minimum Gasteiger partial charge on any atom is -0.393 e. The van der Waals surface area contributed by atoms with Crippen molar-refractivity contribution >= 4 is 5.91 Å². The largest absolute Gasteiger partial charge is 0.393 e. The van der Waals surface area contributed by atoms with Crippen LogP contribution in [0, 0.1) is 5.92 Å². The summed E-state index contributed by atoms with van der Waals surface area (Å²) in [5, 5.41) is 12.5. The summed E-state index contributed by atoms with van der Waals surface area (Å²) >= 11 is 0. The van der Waals surface area contributed by atoms with Gasteiger partial charge in [-0.15, -0.1) is 0 Å². The third-order valence-corrected chi connectivity index (χ3v) is 2.38. The summed E-state index contributed by atoms with van der Waals surface area (Å²) in [5.74, 6) is 0.660. The summed E-state index contributed by atoms with van der Waals surface area (Å²) < 4.78 is 0. The van der Waals surface area contributed by atoms with E-state index in [2.05, 4.69) is 19.2 Å². The van der Waals surface area contributed by atoms with Crippen molar-refractivity contribution in [1.29, 1.82) is 0 Å². The number of amides is 1. The third-order valence-electron chi connectivity index (χ3n) is 2.38. The molecule has 0 aromatic heterocycles. The van der Waals surface area contributed by atoms with Crippen LogP contribution in [0.5, 0.6) is 0 Å². The SMILES string of the molecule is CC(C)CC(O)CCCCC(=O)NC(C)C. The predicted molar refractivity (Wildman–Crippen MR) is 67.2 cm³/mol. The topological polar surface area (TPSA) is 49.3 Å². The minimum atomic E-state index is -0.201. The second-order valence-corrected chi connectivity index (χ2v) is 5.25. The maximum absolute atomic E-state index is 11.3. The minimum absolute atomic E-state index is 0.119. The molecule has 16 heavy (non-hydrogen) atoms. The molecular formula is C13H27NO2. The molecule has 96 valence electrons. The summed E-state index contributed by atoms with van der Waals surface area (Å²) in [6.45, 7) is 8.15. The number of carbonyl (C=O) groups excluding carboxylic acids is 1. The molecule has 0 saturated carbocycles. The van der Waals surface area contributed by atoms with Crippen molar-refractivity contribution in [3.8, 4) is 0 Å². The molecular weight excluding hydrogens is 202 g/mol. The van der Waals surface area contributed by atoms with Gasteiger partial charge in [-0.3, -0.25) is 4.79 Å². The lowest BCUT2D eigenvalue weighted by Crippen LogP contribution is -2.29. The molecule has 1 amide bonds. The zero-order valence-corrected chi connectivity index (χ0v) is 11.1. The van der Waals surface area contributed by atoms with Crippen molar-refractivity contribution in [2.24, 2.45) is 5.92 Å². The summed E-state index contributed by atoms with van der Waals surface area (Å²) in [4.78, 5) is 11.3. The van der Waals surface area contributed by atoms with Crippen LogP contribution < -0.4 is 5.32 Å². The molecule has 2 N–H and O–H groups in total. The molecule has 1 unspecified atom stereocenters. The Kier molecular flexibility index (Phi) is 8.26. The Balaban J connectivity index is 3.42. The highest BCUT2D eigenvalue weighted by Crippen LogP contribution is 2.11. The van der Waals surface area contributed by atoms with Crippen LogP contribution in [-0.4, -0.2) is 23.2 Å². The molecule has 0 bridgehead atoms. The highest BCUT2D eigenvalue weighted by atomic mass is 16.3. The van der Waals surface area contributed by atoms with Crippen LogP contribution in [0.1, 0.15) is 59.8 Å². The molecule has 0 spiro atoms. The van der Waals surface area contributed by atoms with Crippen LogP contribution >= 0.6 is 0 Å². The number of rotatable bonds is 8. The van der Waals surface area contributed by atoms with Gasteiger partial charge in [-0.25, -0.2) is 0 Å². The molecule has 0 aromatic rings. The van der Waals surface area contributed by atoms with Crippen LogP contribution in [0.25, 0.3) is 0 Å². The van der Waals surface area contributed by atoms with E-state index < -0.39 is 0 Å². The lowest BCUT2D eigenvalue weighted by Gasteiger charge is -2.12. The van der Waals surface area contributed by atoms with Gasteiger partial charge < -0.3 is 10.4 Å². The standard InChI is InChI=1S/C13H27NO2/c1-10(2)9-12(15)7-5-6-8-13(16)14-11(3)4/h10-12,15H,5-9H2,1-4H3,(H,14,16). The maximum atomic E-state index is 11.3. The number of nitrogens with one attached hydrogen (secondary N) is 1. The molecule has 0 rings (SSSR count). The highest BCUT2D eigenvalue weighted by molar-refractivity contribution is 5.76. The van der Waals surface area contributed by atoms with E-state index in [0.29, 0.717) is 12.3 Å². The number of aliphatic hydroxyl groups is 1. The average Bonchev–Trinajstić information content (AvgIpc) is 2.10. The van der Waals surface area contributed by atoms with Crippen molar-refractivity contribution < 1.29 is 9.90 Å². The first-order valence-electron chi connectivity index (χ1n) is 6.39. The molecule has 0 aromatic carbocycles. The van der Waals surface area contributed by atoms with Crippen molar-refractivity contribution in [2.45, 2.75) is 71.9 Å². The molecule has 0 aliphatic rings. The van der Waals surface area contributed by atoms with E-state index in [1.807, 2.05) is 13.8 Å². The Morgan fingerprint density at radius 1 is 1.19 bits per heavy atom. The molecule has 0 saturated heterocycles. The molecule has 1 atom stereocenters. The zero-order chi connectivity index (χ0) is 12.6. The van der Waals surface area contributed by atoms with Crippen molar-refractivity contribution in [2.75, 3.05) is 0 Å². The van der Waals surface area contributed by atoms with Crippen LogP contribution in [0.2, 0.25) is 0 Å². The number of carbonyl (C=O) groups is 1. The molecule has 0 aliphatic carbocycles. The Labute approximate surface area is 99.6 Å². The second-order valence-electron chi connectivity index (χ2n) is 5.25.